The monoisotopic (exact) mass is 235 g/mol. The molecule has 4 heteroatoms. The fourth-order valence-electron chi connectivity index (χ4n) is 1.54. The fraction of sp³-hybridized carbons (Fsp3) is 0.462. The molecule has 1 atom stereocenters. The number of nitrogens with one attached hydrogen (secondary N) is 2. The van der Waals surface area contributed by atoms with E-state index in [1.165, 1.54) is 0 Å². The zero-order chi connectivity index (χ0) is 12.7. The molecule has 1 rings (SSSR count). The molecule has 0 aliphatic carbocycles. The fourth-order valence-corrected chi connectivity index (χ4v) is 1.54. The van der Waals surface area contributed by atoms with Gasteiger partial charge in [-0.25, -0.2) is 4.79 Å². The summed E-state index contributed by atoms with van der Waals surface area (Å²) in [7, 11) is 0. The molecule has 1 aromatic rings. The van der Waals surface area contributed by atoms with E-state index >= 15 is 0 Å². The number of hydrogen-bond acceptors (Lipinski definition) is 2. The van der Waals surface area contributed by atoms with Gasteiger partial charge in [-0.15, -0.1) is 0 Å². The molecule has 0 fully saturated rings. The molecule has 94 valence electrons. The molecule has 1 unspecified atom stereocenters. The number of anilines is 2. The van der Waals surface area contributed by atoms with E-state index in [0.29, 0.717) is 5.69 Å². The van der Waals surface area contributed by atoms with Gasteiger partial charge in [0.05, 0.1) is 0 Å². The summed E-state index contributed by atoms with van der Waals surface area (Å²) in [4.78, 5) is 11.6. The molecule has 17 heavy (non-hydrogen) atoms. The Kier molecular flexibility index (Phi) is 5.33. The van der Waals surface area contributed by atoms with E-state index in [2.05, 4.69) is 17.6 Å². The van der Waals surface area contributed by atoms with Crippen molar-refractivity contribution in [2.75, 3.05) is 11.1 Å². The summed E-state index contributed by atoms with van der Waals surface area (Å²) in [6.07, 6.45) is 3.28. The van der Waals surface area contributed by atoms with Crippen molar-refractivity contribution in [1.82, 2.24) is 5.32 Å². The number of rotatable bonds is 5. The third-order valence-corrected chi connectivity index (χ3v) is 2.54. The van der Waals surface area contributed by atoms with E-state index in [1.54, 1.807) is 24.3 Å². The molecule has 4 nitrogen and oxygen atoms in total. The van der Waals surface area contributed by atoms with E-state index < -0.39 is 0 Å². The minimum atomic E-state index is -0.168. The van der Waals surface area contributed by atoms with Gasteiger partial charge in [-0.05, 0) is 37.6 Å². The number of urea groups is 1. The van der Waals surface area contributed by atoms with Gasteiger partial charge in [-0.3, -0.25) is 0 Å². The molecular formula is C13H21N3O. The second-order valence-electron chi connectivity index (χ2n) is 4.26. The van der Waals surface area contributed by atoms with Crippen molar-refractivity contribution in [2.24, 2.45) is 0 Å². The smallest absolute Gasteiger partial charge is 0.319 e. The predicted molar refractivity (Wildman–Crippen MR) is 72.0 cm³/mol. The zero-order valence-electron chi connectivity index (χ0n) is 10.5. The van der Waals surface area contributed by atoms with E-state index in [9.17, 15) is 4.79 Å². The van der Waals surface area contributed by atoms with Crippen LogP contribution in [0.5, 0.6) is 0 Å². The molecule has 0 heterocycles. The summed E-state index contributed by atoms with van der Waals surface area (Å²) in [5.41, 5.74) is 7.00. The Morgan fingerprint density at radius 1 is 1.35 bits per heavy atom. The third-order valence-electron chi connectivity index (χ3n) is 2.54. The van der Waals surface area contributed by atoms with E-state index in [1.807, 2.05) is 6.92 Å². The number of benzene rings is 1. The summed E-state index contributed by atoms with van der Waals surface area (Å²) in [6, 6.07) is 7.12. The summed E-state index contributed by atoms with van der Waals surface area (Å²) in [5, 5.41) is 5.67. The van der Waals surface area contributed by atoms with E-state index in [0.717, 1.165) is 24.9 Å². The average molecular weight is 235 g/mol. The SMILES string of the molecule is CCCCC(C)NC(=O)Nc1ccc(N)cc1. The molecule has 0 aliphatic rings. The minimum absolute atomic E-state index is 0.168. The Morgan fingerprint density at radius 3 is 2.59 bits per heavy atom. The number of carbonyl (C=O) groups is 1. The lowest BCUT2D eigenvalue weighted by molar-refractivity contribution is 0.248. The second kappa shape index (κ2) is 6.78. The maximum absolute atomic E-state index is 11.6. The van der Waals surface area contributed by atoms with E-state index in [-0.39, 0.29) is 12.1 Å². The van der Waals surface area contributed by atoms with Crippen molar-refractivity contribution >= 4 is 17.4 Å². The Balaban J connectivity index is 2.36. The molecule has 0 bridgehead atoms. The molecule has 4 N–H and O–H groups in total. The number of nitrogen functional groups attached to an aromatic ring is 1. The molecule has 2 amide bonds. The van der Waals surface area contributed by atoms with Crippen LogP contribution in [-0.4, -0.2) is 12.1 Å². The lowest BCUT2D eigenvalue weighted by Gasteiger charge is -2.14. The van der Waals surface area contributed by atoms with Gasteiger partial charge in [0.25, 0.3) is 0 Å². The van der Waals surface area contributed by atoms with Crippen LogP contribution in [0.15, 0.2) is 24.3 Å². The molecule has 0 saturated heterocycles. The normalized spacial score (nSPS) is 11.9. The van der Waals surface area contributed by atoms with Crippen molar-refractivity contribution in [2.45, 2.75) is 39.2 Å². The van der Waals surface area contributed by atoms with E-state index in [4.69, 9.17) is 5.73 Å². The quantitative estimate of drug-likeness (QED) is 0.687. The largest absolute Gasteiger partial charge is 0.399 e. The predicted octanol–water partition coefficient (Wildman–Crippen LogP) is 2.97. The number of nitrogens with two attached hydrogens (primary N) is 1. The first kappa shape index (κ1) is 13.4. The van der Waals surface area contributed by atoms with Crippen molar-refractivity contribution in [3.05, 3.63) is 24.3 Å². The van der Waals surface area contributed by atoms with Crippen LogP contribution < -0.4 is 16.4 Å². The first-order chi connectivity index (χ1) is 8.11. The van der Waals surface area contributed by atoms with Crippen LogP contribution in [0.4, 0.5) is 16.2 Å². The van der Waals surface area contributed by atoms with Crippen LogP contribution in [-0.2, 0) is 0 Å². The minimum Gasteiger partial charge on any atom is -0.399 e. The highest BCUT2D eigenvalue weighted by molar-refractivity contribution is 5.89. The highest BCUT2D eigenvalue weighted by Gasteiger charge is 2.06. The summed E-state index contributed by atoms with van der Waals surface area (Å²) in [5.74, 6) is 0. The Bertz CT molecular complexity index is 348. The number of unbranched alkanes of at least 4 members (excludes halogenated alkanes) is 1. The summed E-state index contributed by atoms with van der Waals surface area (Å²) < 4.78 is 0. The van der Waals surface area contributed by atoms with Gasteiger partial charge >= 0.3 is 6.03 Å². The maximum atomic E-state index is 11.6. The highest BCUT2D eigenvalue weighted by Crippen LogP contribution is 2.10. The number of hydrogen-bond donors (Lipinski definition) is 3. The van der Waals surface area contributed by atoms with Crippen LogP contribution in [0.1, 0.15) is 33.1 Å². The second-order valence-corrected chi connectivity index (χ2v) is 4.26. The van der Waals surface area contributed by atoms with Crippen molar-refractivity contribution in [3.63, 3.8) is 0 Å². The van der Waals surface area contributed by atoms with Crippen molar-refractivity contribution in [1.29, 1.82) is 0 Å². The zero-order valence-corrected chi connectivity index (χ0v) is 10.5. The highest BCUT2D eigenvalue weighted by atomic mass is 16.2. The van der Waals surface area contributed by atoms with Crippen LogP contribution in [0.25, 0.3) is 0 Å². The van der Waals surface area contributed by atoms with Gasteiger partial charge in [0.2, 0.25) is 0 Å². The molecule has 0 spiro atoms. The van der Waals surface area contributed by atoms with Gasteiger partial charge in [-0.2, -0.15) is 0 Å². The first-order valence-corrected chi connectivity index (χ1v) is 6.05. The number of carbonyl (C=O) groups excluding carboxylic acids is 1. The van der Waals surface area contributed by atoms with Gasteiger partial charge in [-0.1, -0.05) is 19.8 Å². The van der Waals surface area contributed by atoms with Crippen LogP contribution in [0, 0.1) is 0 Å². The summed E-state index contributed by atoms with van der Waals surface area (Å²) >= 11 is 0. The summed E-state index contributed by atoms with van der Waals surface area (Å²) in [6.45, 7) is 4.15. The van der Waals surface area contributed by atoms with Gasteiger partial charge in [0.1, 0.15) is 0 Å². The van der Waals surface area contributed by atoms with Gasteiger partial charge in [0, 0.05) is 17.4 Å². The number of amides is 2. The van der Waals surface area contributed by atoms with Gasteiger partial charge in [0.15, 0.2) is 0 Å². The molecule has 1 aromatic carbocycles. The standard InChI is InChI=1S/C13H21N3O/c1-3-4-5-10(2)15-13(17)16-12-8-6-11(14)7-9-12/h6-10H,3-5,14H2,1-2H3,(H2,15,16,17). The van der Waals surface area contributed by atoms with Gasteiger partial charge < -0.3 is 16.4 Å². The lowest BCUT2D eigenvalue weighted by atomic mass is 10.1. The Hall–Kier alpha value is -1.71. The Labute approximate surface area is 103 Å². The molecular weight excluding hydrogens is 214 g/mol. The van der Waals surface area contributed by atoms with Crippen LogP contribution >= 0.6 is 0 Å². The van der Waals surface area contributed by atoms with Crippen LogP contribution in [0.3, 0.4) is 0 Å². The molecule has 0 aliphatic heterocycles. The molecule has 0 radical (unpaired) electrons. The lowest BCUT2D eigenvalue weighted by Crippen LogP contribution is -2.36. The van der Waals surface area contributed by atoms with Crippen LogP contribution in [0.2, 0.25) is 0 Å². The average Bonchev–Trinajstić information content (AvgIpc) is 2.29. The Morgan fingerprint density at radius 2 is 2.00 bits per heavy atom. The molecule has 0 aromatic heterocycles. The topological polar surface area (TPSA) is 67.2 Å². The molecule has 0 saturated carbocycles. The maximum Gasteiger partial charge on any atom is 0.319 e. The first-order valence-electron chi connectivity index (χ1n) is 6.05. The van der Waals surface area contributed by atoms with Crippen molar-refractivity contribution in [3.8, 4) is 0 Å². The van der Waals surface area contributed by atoms with Crippen molar-refractivity contribution < 1.29 is 4.79 Å². The third kappa shape index (κ3) is 5.24.